The van der Waals surface area contributed by atoms with Gasteiger partial charge in [0.05, 0.1) is 20.1 Å². The number of cyclic esters (lactones) is 1. The third-order valence-electron chi connectivity index (χ3n) is 2.79. The lowest BCUT2D eigenvalue weighted by molar-refractivity contribution is -0.141. The predicted molar refractivity (Wildman–Crippen MR) is 64.2 cm³/mol. The van der Waals surface area contributed by atoms with Crippen molar-refractivity contribution in [2.24, 2.45) is 0 Å². The van der Waals surface area contributed by atoms with E-state index in [2.05, 4.69) is 5.32 Å². The Balaban J connectivity index is 1.88. The van der Waals surface area contributed by atoms with Crippen LogP contribution in [-0.4, -0.2) is 31.6 Å². The van der Waals surface area contributed by atoms with Crippen LogP contribution in [0.15, 0.2) is 24.3 Å². The van der Waals surface area contributed by atoms with Crippen molar-refractivity contribution in [3.05, 3.63) is 29.8 Å². The molecule has 1 aromatic rings. The van der Waals surface area contributed by atoms with Gasteiger partial charge in [0.25, 0.3) is 0 Å². The Morgan fingerprint density at radius 1 is 1.44 bits per heavy atom. The van der Waals surface area contributed by atoms with E-state index in [0.29, 0.717) is 13.0 Å². The van der Waals surface area contributed by atoms with Crippen LogP contribution in [0.1, 0.15) is 12.0 Å². The highest BCUT2D eigenvalue weighted by molar-refractivity contribution is 5.86. The molecule has 0 aromatic heterocycles. The molecular formula is C13H15NO4. The van der Waals surface area contributed by atoms with Crippen LogP contribution in [0.4, 0.5) is 0 Å². The molecule has 0 aliphatic carbocycles. The zero-order valence-electron chi connectivity index (χ0n) is 10.1. The van der Waals surface area contributed by atoms with Gasteiger partial charge in [0.15, 0.2) is 0 Å². The Morgan fingerprint density at radius 2 is 2.17 bits per heavy atom. The maximum Gasteiger partial charge on any atom is 0.328 e. The lowest BCUT2D eigenvalue weighted by Gasteiger charge is -2.09. The minimum Gasteiger partial charge on any atom is -0.497 e. The van der Waals surface area contributed by atoms with Gasteiger partial charge in [0.1, 0.15) is 11.8 Å². The lowest BCUT2D eigenvalue weighted by atomic mass is 10.1. The Hall–Kier alpha value is -2.04. The molecule has 1 aliphatic heterocycles. The molecule has 0 spiro atoms. The summed E-state index contributed by atoms with van der Waals surface area (Å²) in [6.07, 6.45) is 0.793. The number of ether oxygens (including phenoxy) is 2. The first kappa shape index (κ1) is 12.4. The summed E-state index contributed by atoms with van der Waals surface area (Å²) in [4.78, 5) is 22.9. The molecule has 1 atom stereocenters. The summed E-state index contributed by atoms with van der Waals surface area (Å²) in [7, 11) is 1.59. The van der Waals surface area contributed by atoms with Gasteiger partial charge in [-0.15, -0.1) is 0 Å². The molecule has 0 unspecified atom stereocenters. The van der Waals surface area contributed by atoms with E-state index in [1.165, 1.54) is 0 Å². The molecule has 5 nitrogen and oxygen atoms in total. The van der Waals surface area contributed by atoms with Crippen molar-refractivity contribution in [1.29, 1.82) is 0 Å². The topological polar surface area (TPSA) is 64.6 Å². The Morgan fingerprint density at radius 3 is 2.72 bits per heavy atom. The first-order valence-electron chi connectivity index (χ1n) is 5.78. The van der Waals surface area contributed by atoms with E-state index in [0.717, 1.165) is 11.3 Å². The Labute approximate surface area is 105 Å². The quantitative estimate of drug-likeness (QED) is 0.796. The maximum absolute atomic E-state index is 11.7. The normalized spacial score (nSPS) is 18.3. The van der Waals surface area contributed by atoms with E-state index in [1.807, 2.05) is 12.1 Å². The van der Waals surface area contributed by atoms with Crippen molar-refractivity contribution in [2.75, 3.05) is 13.7 Å². The summed E-state index contributed by atoms with van der Waals surface area (Å²) in [5, 5.41) is 2.66. The molecular weight excluding hydrogens is 234 g/mol. The van der Waals surface area contributed by atoms with Gasteiger partial charge in [0, 0.05) is 6.42 Å². The molecule has 18 heavy (non-hydrogen) atoms. The van der Waals surface area contributed by atoms with E-state index in [1.54, 1.807) is 19.2 Å². The summed E-state index contributed by atoms with van der Waals surface area (Å²) in [5.74, 6) is 0.223. The van der Waals surface area contributed by atoms with Crippen LogP contribution < -0.4 is 10.1 Å². The Kier molecular flexibility index (Phi) is 3.82. The number of benzene rings is 1. The van der Waals surface area contributed by atoms with Gasteiger partial charge in [-0.3, -0.25) is 4.79 Å². The molecule has 1 saturated heterocycles. The molecule has 1 amide bonds. The van der Waals surface area contributed by atoms with Crippen LogP contribution in [0.25, 0.3) is 0 Å². The minimum absolute atomic E-state index is 0.177. The third-order valence-corrected chi connectivity index (χ3v) is 2.79. The van der Waals surface area contributed by atoms with Crippen LogP contribution >= 0.6 is 0 Å². The number of hydrogen-bond acceptors (Lipinski definition) is 4. The number of rotatable bonds is 4. The lowest BCUT2D eigenvalue weighted by Crippen LogP contribution is -2.38. The molecule has 0 saturated carbocycles. The summed E-state index contributed by atoms with van der Waals surface area (Å²) < 4.78 is 9.81. The van der Waals surface area contributed by atoms with Gasteiger partial charge >= 0.3 is 5.97 Å². The number of carbonyl (C=O) groups is 2. The second-order valence-corrected chi connectivity index (χ2v) is 4.10. The van der Waals surface area contributed by atoms with Gasteiger partial charge in [-0.25, -0.2) is 4.79 Å². The van der Waals surface area contributed by atoms with Gasteiger partial charge < -0.3 is 14.8 Å². The second kappa shape index (κ2) is 5.53. The van der Waals surface area contributed by atoms with Crippen molar-refractivity contribution < 1.29 is 19.1 Å². The molecule has 0 bridgehead atoms. The van der Waals surface area contributed by atoms with Crippen molar-refractivity contribution in [1.82, 2.24) is 5.32 Å². The van der Waals surface area contributed by atoms with E-state index < -0.39 is 6.04 Å². The maximum atomic E-state index is 11.7. The zero-order valence-corrected chi connectivity index (χ0v) is 10.1. The second-order valence-electron chi connectivity index (χ2n) is 4.10. The molecule has 1 aliphatic rings. The fourth-order valence-electron chi connectivity index (χ4n) is 1.80. The molecule has 1 heterocycles. The zero-order chi connectivity index (χ0) is 13.0. The van der Waals surface area contributed by atoms with E-state index >= 15 is 0 Å². The number of nitrogens with one attached hydrogen (secondary N) is 1. The van der Waals surface area contributed by atoms with E-state index in [-0.39, 0.29) is 18.3 Å². The summed E-state index contributed by atoms with van der Waals surface area (Å²) in [6, 6.07) is 6.76. The summed E-state index contributed by atoms with van der Waals surface area (Å²) in [6.45, 7) is 0.381. The smallest absolute Gasteiger partial charge is 0.328 e. The van der Waals surface area contributed by atoms with Crippen molar-refractivity contribution in [3.8, 4) is 5.75 Å². The largest absolute Gasteiger partial charge is 0.497 e. The average molecular weight is 249 g/mol. The highest BCUT2D eigenvalue weighted by Gasteiger charge is 2.27. The first-order valence-corrected chi connectivity index (χ1v) is 5.78. The monoisotopic (exact) mass is 249 g/mol. The average Bonchev–Trinajstić information content (AvgIpc) is 2.76. The number of carbonyl (C=O) groups excluding carboxylic acids is 2. The number of hydrogen-bond donors (Lipinski definition) is 1. The SMILES string of the molecule is COc1ccc(CC(=O)N[C@@H]2CCOC2=O)cc1. The van der Waals surface area contributed by atoms with E-state index in [9.17, 15) is 9.59 Å². The predicted octanol–water partition coefficient (Wildman–Crippen LogP) is 0.669. The van der Waals surface area contributed by atoms with Crippen molar-refractivity contribution >= 4 is 11.9 Å². The van der Waals surface area contributed by atoms with Crippen LogP contribution in [0.2, 0.25) is 0 Å². The highest BCUT2D eigenvalue weighted by atomic mass is 16.5. The van der Waals surface area contributed by atoms with Gasteiger partial charge in [-0.1, -0.05) is 12.1 Å². The number of methoxy groups -OCH3 is 1. The number of esters is 1. The summed E-state index contributed by atoms with van der Waals surface area (Å²) >= 11 is 0. The minimum atomic E-state index is -0.490. The summed E-state index contributed by atoms with van der Waals surface area (Å²) in [5.41, 5.74) is 0.875. The van der Waals surface area contributed by atoms with Gasteiger partial charge in [-0.05, 0) is 17.7 Å². The number of amides is 1. The first-order chi connectivity index (χ1) is 8.69. The molecule has 1 fully saturated rings. The molecule has 0 radical (unpaired) electrons. The van der Waals surface area contributed by atoms with Crippen LogP contribution in [0, 0.1) is 0 Å². The Bertz CT molecular complexity index is 441. The molecule has 2 rings (SSSR count). The van der Waals surface area contributed by atoms with Gasteiger partial charge in [0.2, 0.25) is 5.91 Å². The highest BCUT2D eigenvalue weighted by Crippen LogP contribution is 2.12. The standard InChI is InChI=1S/C13H15NO4/c1-17-10-4-2-9(3-5-10)8-12(15)14-11-6-7-18-13(11)16/h2-5,11H,6-8H2,1H3,(H,14,15)/t11-/m1/s1. The molecule has 96 valence electrons. The van der Waals surface area contributed by atoms with Crippen LogP contribution in [0.5, 0.6) is 5.75 Å². The van der Waals surface area contributed by atoms with Crippen LogP contribution in [-0.2, 0) is 20.7 Å². The van der Waals surface area contributed by atoms with Gasteiger partial charge in [-0.2, -0.15) is 0 Å². The van der Waals surface area contributed by atoms with Crippen LogP contribution in [0.3, 0.4) is 0 Å². The molecule has 5 heteroatoms. The van der Waals surface area contributed by atoms with Crippen molar-refractivity contribution in [2.45, 2.75) is 18.9 Å². The fourth-order valence-corrected chi connectivity index (χ4v) is 1.80. The van der Waals surface area contributed by atoms with Crippen molar-refractivity contribution in [3.63, 3.8) is 0 Å². The molecule has 1 N–H and O–H groups in total. The third kappa shape index (κ3) is 3.00. The fraction of sp³-hybridized carbons (Fsp3) is 0.385. The van der Waals surface area contributed by atoms with E-state index in [4.69, 9.17) is 9.47 Å². The molecule has 1 aromatic carbocycles.